The molecule has 0 aromatic heterocycles. The Hall–Kier alpha value is -0.760. The normalized spacial score (nSPS) is 12.7. The number of rotatable bonds is 7. The summed E-state index contributed by atoms with van der Waals surface area (Å²) < 4.78 is 47.5. The van der Waals surface area contributed by atoms with Gasteiger partial charge in [0.15, 0.2) is 0 Å². The van der Waals surface area contributed by atoms with Crippen LogP contribution in [0, 0.1) is 0 Å². The van der Waals surface area contributed by atoms with Crippen LogP contribution in [0.2, 0.25) is 0 Å². The highest BCUT2D eigenvalue weighted by atomic mass is 32.2. The monoisotopic (exact) mass is 259 g/mol. The van der Waals surface area contributed by atoms with E-state index in [2.05, 4.69) is 0 Å². The van der Waals surface area contributed by atoms with Gasteiger partial charge in [0.1, 0.15) is 0 Å². The minimum atomic E-state index is -4.63. The summed E-state index contributed by atoms with van der Waals surface area (Å²) in [5, 5.41) is 8.36. The van der Waals surface area contributed by atoms with E-state index in [1.165, 1.54) is 13.8 Å². The topological polar surface area (TPSA) is 74.7 Å². The van der Waals surface area contributed by atoms with E-state index >= 15 is 0 Å². The van der Waals surface area contributed by atoms with Gasteiger partial charge in [0.2, 0.25) is 0 Å². The third-order valence-corrected chi connectivity index (χ3v) is 3.61. The Morgan fingerprint density at radius 2 is 1.88 bits per heavy atom. The number of carboxylic acid groups (broad SMARTS) is 1. The predicted molar refractivity (Wildman–Crippen MR) is 53.6 cm³/mol. The molecular formula is C8H15F2NO4S. The van der Waals surface area contributed by atoms with E-state index in [1.807, 2.05) is 0 Å². The first kappa shape index (κ1) is 15.2. The molecule has 0 aliphatic carbocycles. The fourth-order valence-corrected chi connectivity index (χ4v) is 2.34. The van der Waals surface area contributed by atoms with Crippen LogP contribution in [-0.4, -0.2) is 42.1 Å². The second kappa shape index (κ2) is 6.09. The van der Waals surface area contributed by atoms with Gasteiger partial charge < -0.3 is 5.11 Å². The minimum absolute atomic E-state index is 0.0134. The van der Waals surface area contributed by atoms with Crippen LogP contribution in [0.3, 0.4) is 0 Å². The maximum atomic E-state index is 12.3. The number of sulfonamides is 1. The van der Waals surface area contributed by atoms with Gasteiger partial charge in [-0.15, -0.1) is 0 Å². The molecule has 0 unspecified atom stereocenters. The van der Waals surface area contributed by atoms with Crippen molar-refractivity contribution in [2.75, 3.05) is 6.54 Å². The fourth-order valence-electron chi connectivity index (χ4n) is 1.17. The number of carboxylic acids is 1. The van der Waals surface area contributed by atoms with Crippen LogP contribution in [0.4, 0.5) is 8.78 Å². The summed E-state index contributed by atoms with van der Waals surface area (Å²) in [7, 11) is -4.63. The van der Waals surface area contributed by atoms with Gasteiger partial charge in [0.05, 0.1) is 0 Å². The third-order valence-electron chi connectivity index (χ3n) is 1.90. The largest absolute Gasteiger partial charge is 0.481 e. The van der Waals surface area contributed by atoms with Crippen LogP contribution in [0.15, 0.2) is 0 Å². The third kappa shape index (κ3) is 4.40. The average Bonchev–Trinajstić information content (AvgIpc) is 2.10. The van der Waals surface area contributed by atoms with E-state index in [0.717, 1.165) is 0 Å². The molecule has 0 aromatic carbocycles. The molecule has 0 bridgehead atoms. The van der Waals surface area contributed by atoms with Crippen molar-refractivity contribution >= 4 is 16.0 Å². The van der Waals surface area contributed by atoms with Gasteiger partial charge in [-0.1, -0.05) is 0 Å². The molecule has 5 nitrogen and oxygen atoms in total. The Balaban J connectivity index is 4.58. The summed E-state index contributed by atoms with van der Waals surface area (Å²) in [5.41, 5.74) is 0. The van der Waals surface area contributed by atoms with Gasteiger partial charge in [0.25, 0.3) is 10.0 Å². The number of carbonyl (C=O) groups is 1. The number of aliphatic carboxylic acids is 1. The van der Waals surface area contributed by atoms with E-state index in [-0.39, 0.29) is 19.4 Å². The second-order valence-corrected chi connectivity index (χ2v) is 5.36. The molecular weight excluding hydrogens is 244 g/mol. The van der Waals surface area contributed by atoms with Crippen molar-refractivity contribution in [2.24, 2.45) is 0 Å². The van der Waals surface area contributed by atoms with E-state index in [9.17, 15) is 22.0 Å². The van der Waals surface area contributed by atoms with Gasteiger partial charge in [-0.2, -0.15) is 13.1 Å². The quantitative estimate of drug-likeness (QED) is 0.743. The maximum absolute atomic E-state index is 12.3. The van der Waals surface area contributed by atoms with Crippen molar-refractivity contribution < 1.29 is 27.1 Å². The highest BCUT2D eigenvalue weighted by Crippen LogP contribution is 2.16. The summed E-state index contributed by atoms with van der Waals surface area (Å²) in [6, 6.07) is -0.618. The molecule has 0 aliphatic heterocycles. The van der Waals surface area contributed by atoms with Gasteiger partial charge >= 0.3 is 11.7 Å². The summed E-state index contributed by atoms with van der Waals surface area (Å²) in [5.74, 6) is -4.56. The predicted octanol–water partition coefficient (Wildman–Crippen LogP) is 1.11. The SMILES string of the molecule is CC(C)N(CCCC(=O)O)S(=O)(=O)C(F)F. The lowest BCUT2D eigenvalue weighted by atomic mass is 10.3. The van der Waals surface area contributed by atoms with E-state index in [0.29, 0.717) is 4.31 Å². The van der Waals surface area contributed by atoms with Crippen molar-refractivity contribution in [3.05, 3.63) is 0 Å². The van der Waals surface area contributed by atoms with Crippen LogP contribution in [-0.2, 0) is 14.8 Å². The highest BCUT2D eigenvalue weighted by molar-refractivity contribution is 7.89. The van der Waals surface area contributed by atoms with Crippen LogP contribution in [0.5, 0.6) is 0 Å². The van der Waals surface area contributed by atoms with Crippen LogP contribution in [0.1, 0.15) is 26.7 Å². The molecule has 0 radical (unpaired) electrons. The van der Waals surface area contributed by atoms with Crippen LogP contribution in [0.25, 0.3) is 0 Å². The Labute approximate surface area is 93.1 Å². The van der Waals surface area contributed by atoms with Crippen LogP contribution >= 0.6 is 0 Å². The number of hydrogen-bond donors (Lipinski definition) is 1. The van der Waals surface area contributed by atoms with Crippen molar-refractivity contribution in [1.82, 2.24) is 4.31 Å². The van der Waals surface area contributed by atoms with Gasteiger partial charge in [0, 0.05) is 19.0 Å². The first-order chi connectivity index (χ1) is 7.19. The van der Waals surface area contributed by atoms with Crippen molar-refractivity contribution in [2.45, 2.75) is 38.5 Å². The van der Waals surface area contributed by atoms with Gasteiger partial charge in [-0.25, -0.2) is 8.42 Å². The number of halogens is 2. The number of alkyl halides is 2. The van der Waals surface area contributed by atoms with E-state index < -0.39 is 27.8 Å². The fraction of sp³-hybridized carbons (Fsp3) is 0.875. The molecule has 0 aromatic rings. The zero-order valence-corrected chi connectivity index (χ0v) is 9.88. The highest BCUT2D eigenvalue weighted by Gasteiger charge is 2.33. The molecule has 0 saturated heterocycles. The summed E-state index contributed by atoms with van der Waals surface area (Å²) in [6.45, 7) is 2.71. The molecule has 0 spiro atoms. The van der Waals surface area contributed by atoms with Gasteiger partial charge in [-0.05, 0) is 20.3 Å². The molecule has 0 aliphatic rings. The lowest BCUT2D eigenvalue weighted by molar-refractivity contribution is -0.137. The first-order valence-corrected chi connectivity index (χ1v) is 6.20. The lowest BCUT2D eigenvalue weighted by Gasteiger charge is -2.24. The average molecular weight is 259 g/mol. The standard InChI is InChI=1S/C8H15F2NO4S/c1-6(2)11(5-3-4-7(12)13)16(14,15)8(9)10/h6,8H,3-5H2,1-2H3,(H,12,13). The Kier molecular flexibility index (Phi) is 5.80. The Bertz CT molecular complexity index is 329. The molecule has 1 N–H and O–H groups in total. The van der Waals surface area contributed by atoms with Gasteiger partial charge in [-0.3, -0.25) is 4.79 Å². The minimum Gasteiger partial charge on any atom is -0.481 e. The molecule has 96 valence electrons. The van der Waals surface area contributed by atoms with E-state index in [1.54, 1.807) is 0 Å². The molecule has 0 heterocycles. The smallest absolute Gasteiger partial charge is 0.350 e. The van der Waals surface area contributed by atoms with Crippen LogP contribution < -0.4 is 0 Å². The summed E-state index contributed by atoms with van der Waals surface area (Å²) >= 11 is 0. The lowest BCUT2D eigenvalue weighted by Crippen LogP contribution is -2.41. The second-order valence-electron chi connectivity index (χ2n) is 3.51. The Morgan fingerprint density at radius 3 is 2.19 bits per heavy atom. The van der Waals surface area contributed by atoms with Crippen molar-refractivity contribution in [3.8, 4) is 0 Å². The zero-order valence-electron chi connectivity index (χ0n) is 9.06. The molecule has 0 atom stereocenters. The first-order valence-electron chi connectivity index (χ1n) is 4.70. The zero-order chi connectivity index (χ0) is 12.9. The molecule has 0 saturated carbocycles. The number of nitrogens with zero attached hydrogens (tertiary/aromatic N) is 1. The summed E-state index contributed by atoms with van der Waals surface area (Å²) in [6.07, 6.45) is -0.235. The molecule has 8 heteroatoms. The molecule has 0 amide bonds. The molecule has 0 fully saturated rings. The number of hydrogen-bond acceptors (Lipinski definition) is 3. The molecule has 0 rings (SSSR count). The van der Waals surface area contributed by atoms with Crippen molar-refractivity contribution in [1.29, 1.82) is 0 Å². The van der Waals surface area contributed by atoms with E-state index in [4.69, 9.17) is 5.11 Å². The molecule has 16 heavy (non-hydrogen) atoms. The summed E-state index contributed by atoms with van der Waals surface area (Å²) in [4.78, 5) is 10.2. The van der Waals surface area contributed by atoms with Crippen molar-refractivity contribution in [3.63, 3.8) is 0 Å². The maximum Gasteiger partial charge on any atom is 0.350 e. The Morgan fingerprint density at radius 1 is 1.38 bits per heavy atom.